The zero-order valence-electron chi connectivity index (χ0n) is 14.6. The van der Waals surface area contributed by atoms with Crippen molar-refractivity contribution in [2.24, 2.45) is 0 Å². The number of hydrogen-bond acceptors (Lipinski definition) is 6. The Labute approximate surface area is 151 Å². The van der Waals surface area contributed by atoms with Gasteiger partial charge in [0, 0.05) is 25.4 Å². The Kier molecular flexibility index (Phi) is 4.71. The van der Waals surface area contributed by atoms with Crippen molar-refractivity contribution < 1.29 is 19.0 Å². The van der Waals surface area contributed by atoms with E-state index in [0.717, 1.165) is 18.4 Å². The van der Waals surface area contributed by atoms with Gasteiger partial charge in [0.1, 0.15) is 6.10 Å². The molecule has 0 N–H and O–H groups in total. The predicted octanol–water partition coefficient (Wildman–Crippen LogP) is 1.78. The highest BCUT2D eigenvalue weighted by atomic mass is 16.5. The van der Waals surface area contributed by atoms with Crippen molar-refractivity contribution in [1.82, 2.24) is 14.9 Å². The summed E-state index contributed by atoms with van der Waals surface area (Å²) in [4.78, 5) is 23.0. The fourth-order valence-electron chi connectivity index (χ4n) is 3.48. The van der Waals surface area contributed by atoms with Crippen molar-refractivity contribution in [3.8, 4) is 11.8 Å². The molecule has 1 fully saturated rings. The van der Waals surface area contributed by atoms with Gasteiger partial charge in [-0.15, -0.1) is 0 Å². The quantitative estimate of drug-likeness (QED) is 0.832. The molecule has 136 valence electrons. The van der Waals surface area contributed by atoms with E-state index >= 15 is 0 Å². The number of aromatic nitrogens is 2. The zero-order valence-corrected chi connectivity index (χ0v) is 14.6. The standard InChI is InChI=1S/C19H21N3O4/c1-24-17-18(21-9-8-20-17)26-14-6-10-22(12-14)19(23)16-15-5-3-2-4-13(15)7-11-25-16/h2-5,8-9,14,16H,6-7,10-12H2,1H3/t14-,16-/m1/s1. The molecule has 1 amide bonds. The van der Waals surface area contributed by atoms with E-state index in [1.165, 1.54) is 12.7 Å². The van der Waals surface area contributed by atoms with Gasteiger partial charge in [0.2, 0.25) is 0 Å². The number of nitrogens with zero attached hydrogens (tertiary/aromatic N) is 3. The first kappa shape index (κ1) is 16.8. The van der Waals surface area contributed by atoms with Gasteiger partial charge in [-0.05, 0) is 17.5 Å². The smallest absolute Gasteiger partial charge is 0.278 e. The average molecular weight is 355 g/mol. The molecule has 4 rings (SSSR count). The van der Waals surface area contributed by atoms with E-state index in [9.17, 15) is 4.79 Å². The molecule has 2 aromatic rings. The molecule has 2 aliphatic rings. The Bertz CT molecular complexity index is 798. The van der Waals surface area contributed by atoms with E-state index < -0.39 is 6.10 Å². The molecule has 26 heavy (non-hydrogen) atoms. The minimum absolute atomic E-state index is 0.00522. The van der Waals surface area contributed by atoms with Gasteiger partial charge in [-0.2, -0.15) is 0 Å². The van der Waals surface area contributed by atoms with E-state index in [2.05, 4.69) is 16.0 Å². The van der Waals surface area contributed by atoms with Crippen LogP contribution < -0.4 is 9.47 Å². The van der Waals surface area contributed by atoms with Gasteiger partial charge in [-0.3, -0.25) is 4.79 Å². The number of benzene rings is 1. The van der Waals surface area contributed by atoms with Gasteiger partial charge < -0.3 is 19.1 Å². The second-order valence-corrected chi connectivity index (χ2v) is 6.38. The molecule has 0 spiro atoms. The highest BCUT2D eigenvalue weighted by molar-refractivity contribution is 5.83. The Hall–Kier alpha value is -2.67. The van der Waals surface area contributed by atoms with Crippen molar-refractivity contribution in [3.63, 3.8) is 0 Å². The summed E-state index contributed by atoms with van der Waals surface area (Å²) in [5.74, 6) is 0.699. The molecular weight excluding hydrogens is 334 g/mol. The number of carbonyl (C=O) groups excluding carboxylic acids is 1. The first-order valence-electron chi connectivity index (χ1n) is 8.76. The molecule has 3 heterocycles. The summed E-state index contributed by atoms with van der Waals surface area (Å²) in [6.07, 6.45) is 4.03. The molecule has 2 atom stereocenters. The summed E-state index contributed by atoms with van der Waals surface area (Å²) in [5.41, 5.74) is 2.16. The number of ether oxygens (including phenoxy) is 3. The number of rotatable bonds is 4. The molecule has 0 saturated carbocycles. The lowest BCUT2D eigenvalue weighted by Crippen LogP contribution is -2.37. The van der Waals surface area contributed by atoms with Crippen LogP contribution in [-0.4, -0.2) is 53.7 Å². The van der Waals surface area contributed by atoms with Gasteiger partial charge in [-0.25, -0.2) is 9.97 Å². The minimum atomic E-state index is -0.523. The van der Waals surface area contributed by atoms with Crippen molar-refractivity contribution in [2.45, 2.75) is 25.0 Å². The third kappa shape index (κ3) is 3.22. The maximum atomic E-state index is 13.0. The van der Waals surface area contributed by atoms with Crippen LogP contribution in [0.4, 0.5) is 0 Å². The number of methoxy groups -OCH3 is 1. The fraction of sp³-hybridized carbons (Fsp3) is 0.421. The molecule has 7 nitrogen and oxygen atoms in total. The topological polar surface area (TPSA) is 73.8 Å². The summed E-state index contributed by atoms with van der Waals surface area (Å²) in [5, 5.41) is 0. The second-order valence-electron chi connectivity index (χ2n) is 6.38. The van der Waals surface area contributed by atoms with E-state index in [0.29, 0.717) is 31.5 Å². The molecule has 0 bridgehead atoms. The zero-order chi connectivity index (χ0) is 17.9. The van der Waals surface area contributed by atoms with E-state index in [4.69, 9.17) is 14.2 Å². The third-order valence-corrected chi connectivity index (χ3v) is 4.78. The van der Waals surface area contributed by atoms with Crippen LogP contribution in [0.25, 0.3) is 0 Å². The van der Waals surface area contributed by atoms with Crippen LogP contribution >= 0.6 is 0 Å². The Morgan fingerprint density at radius 2 is 2.04 bits per heavy atom. The van der Waals surface area contributed by atoms with Crippen LogP contribution in [0.2, 0.25) is 0 Å². The fourth-order valence-corrected chi connectivity index (χ4v) is 3.48. The second kappa shape index (κ2) is 7.29. The summed E-state index contributed by atoms with van der Waals surface area (Å²) in [6, 6.07) is 7.99. The lowest BCUT2D eigenvalue weighted by Gasteiger charge is -2.28. The van der Waals surface area contributed by atoms with Crippen molar-refractivity contribution in [1.29, 1.82) is 0 Å². The third-order valence-electron chi connectivity index (χ3n) is 4.78. The van der Waals surface area contributed by atoms with Gasteiger partial charge >= 0.3 is 0 Å². The lowest BCUT2D eigenvalue weighted by molar-refractivity contribution is -0.144. The van der Waals surface area contributed by atoms with Crippen LogP contribution in [0, 0.1) is 0 Å². The molecule has 0 aliphatic carbocycles. The number of hydrogen-bond donors (Lipinski definition) is 0. The molecular formula is C19H21N3O4. The number of amides is 1. The van der Waals surface area contributed by atoms with Crippen LogP contribution in [-0.2, 0) is 16.0 Å². The Balaban J connectivity index is 1.44. The maximum absolute atomic E-state index is 13.0. The highest BCUT2D eigenvalue weighted by Crippen LogP contribution is 2.30. The SMILES string of the molecule is COc1nccnc1O[C@@H]1CCN(C(=O)[C@@H]2OCCc3ccccc32)C1. The van der Waals surface area contributed by atoms with E-state index in [-0.39, 0.29) is 12.0 Å². The molecule has 0 unspecified atom stereocenters. The monoisotopic (exact) mass is 355 g/mol. The highest BCUT2D eigenvalue weighted by Gasteiger charge is 2.35. The Morgan fingerprint density at radius 1 is 1.23 bits per heavy atom. The summed E-state index contributed by atoms with van der Waals surface area (Å²) < 4.78 is 16.9. The van der Waals surface area contributed by atoms with Crippen molar-refractivity contribution in [3.05, 3.63) is 47.8 Å². The van der Waals surface area contributed by atoms with Gasteiger partial charge in [0.15, 0.2) is 6.10 Å². The van der Waals surface area contributed by atoms with E-state index in [1.54, 1.807) is 17.3 Å². The van der Waals surface area contributed by atoms with Crippen LogP contribution in [0.15, 0.2) is 36.7 Å². The van der Waals surface area contributed by atoms with Crippen LogP contribution in [0.1, 0.15) is 23.7 Å². The molecule has 1 saturated heterocycles. The number of fused-ring (bicyclic) bond motifs is 1. The lowest BCUT2D eigenvalue weighted by atomic mass is 9.97. The molecule has 2 aliphatic heterocycles. The normalized spacial score (nSPS) is 22.0. The molecule has 1 aromatic carbocycles. The minimum Gasteiger partial charge on any atom is -0.477 e. The van der Waals surface area contributed by atoms with Crippen LogP contribution in [0.3, 0.4) is 0 Å². The summed E-state index contributed by atoms with van der Waals surface area (Å²) >= 11 is 0. The van der Waals surface area contributed by atoms with Gasteiger partial charge in [0.05, 0.1) is 20.3 Å². The number of likely N-dealkylation sites (tertiary alicyclic amines) is 1. The Morgan fingerprint density at radius 3 is 2.88 bits per heavy atom. The average Bonchev–Trinajstić information content (AvgIpc) is 3.16. The largest absolute Gasteiger partial charge is 0.477 e. The molecule has 0 radical (unpaired) electrons. The van der Waals surface area contributed by atoms with Crippen molar-refractivity contribution >= 4 is 5.91 Å². The number of carbonyl (C=O) groups is 1. The van der Waals surface area contributed by atoms with Gasteiger partial charge in [0.25, 0.3) is 17.7 Å². The molecule has 1 aromatic heterocycles. The summed E-state index contributed by atoms with van der Waals surface area (Å²) in [7, 11) is 1.53. The van der Waals surface area contributed by atoms with Crippen LogP contribution in [0.5, 0.6) is 11.8 Å². The summed E-state index contributed by atoms with van der Waals surface area (Å²) in [6.45, 7) is 1.70. The van der Waals surface area contributed by atoms with Gasteiger partial charge in [-0.1, -0.05) is 24.3 Å². The first-order valence-corrected chi connectivity index (χ1v) is 8.76. The van der Waals surface area contributed by atoms with Crippen molar-refractivity contribution in [2.75, 3.05) is 26.8 Å². The van der Waals surface area contributed by atoms with E-state index in [1.807, 2.05) is 18.2 Å². The predicted molar refractivity (Wildman–Crippen MR) is 93.0 cm³/mol. The first-order chi connectivity index (χ1) is 12.8. The maximum Gasteiger partial charge on any atom is 0.278 e. The molecule has 7 heteroatoms.